The second-order valence-electron chi connectivity index (χ2n) is 4.40. The zero-order chi connectivity index (χ0) is 16.3. The van der Waals surface area contributed by atoms with Crippen LogP contribution < -0.4 is 4.72 Å². The first kappa shape index (κ1) is 16.5. The van der Waals surface area contributed by atoms with E-state index < -0.39 is 16.0 Å². The van der Waals surface area contributed by atoms with Gasteiger partial charge in [-0.25, -0.2) is 17.9 Å². The SMILES string of the molecule is COC(=O)c1ccc(S(=O)(=O)NCc2cc(C)no2)c(Cl)c1. The van der Waals surface area contributed by atoms with Gasteiger partial charge in [-0.1, -0.05) is 16.8 Å². The summed E-state index contributed by atoms with van der Waals surface area (Å²) in [5.74, 6) is -0.223. The van der Waals surface area contributed by atoms with Crippen molar-refractivity contribution >= 4 is 27.6 Å². The number of methoxy groups -OCH3 is 1. The highest BCUT2D eigenvalue weighted by Crippen LogP contribution is 2.23. The number of hydrogen-bond acceptors (Lipinski definition) is 6. The van der Waals surface area contributed by atoms with Crippen LogP contribution in [0, 0.1) is 6.92 Å². The van der Waals surface area contributed by atoms with Gasteiger partial charge in [-0.05, 0) is 25.1 Å². The number of carbonyl (C=O) groups excluding carboxylic acids is 1. The summed E-state index contributed by atoms with van der Waals surface area (Å²) in [6.45, 7) is 1.67. The topological polar surface area (TPSA) is 98.5 Å². The van der Waals surface area contributed by atoms with Gasteiger partial charge in [-0.15, -0.1) is 0 Å². The van der Waals surface area contributed by atoms with Crippen molar-refractivity contribution < 1.29 is 22.5 Å². The van der Waals surface area contributed by atoms with Gasteiger partial charge in [0.2, 0.25) is 10.0 Å². The van der Waals surface area contributed by atoms with E-state index >= 15 is 0 Å². The minimum absolute atomic E-state index is 0.0573. The smallest absolute Gasteiger partial charge is 0.337 e. The molecule has 0 amide bonds. The van der Waals surface area contributed by atoms with E-state index in [-0.39, 0.29) is 22.0 Å². The molecule has 0 bridgehead atoms. The fraction of sp³-hybridized carbons (Fsp3) is 0.231. The number of nitrogens with one attached hydrogen (secondary N) is 1. The third kappa shape index (κ3) is 3.65. The van der Waals surface area contributed by atoms with Gasteiger partial charge in [-0.2, -0.15) is 0 Å². The Hall–Kier alpha value is -1.90. The fourth-order valence-electron chi connectivity index (χ4n) is 1.71. The minimum atomic E-state index is -3.85. The zero-order valence-corrected chi connectivity index (χ0v) is 13.4. The Balaban J connectivity index is 2.20. The molecule has 1 aromatic heterocycles. The van der Waals surface area contributed by atoms with Crippen LogP contribution in [0.4, 0.5) is 0 Å². The van der Waals surface area contributed by atoms with Crippen LogP contribution in [0.3, 0.4) is 0 Å². The summed E-state index contributed by atoms with van der Waals surface area (Å²) >= 11 is 5.94. The lowest BCUT2D eigenvalue weighted by Gasteiger charge is -2.08. The molecule has 0 aliphatic heterocycles. The molecule has 2 rings (SSSR count). The normalized spacial score (nSPS) is 11.4. The predicted molar refractivity (Wildman–Crippen MR) is 78.1 cm³/mol. The van der Waals surface area contributed by atoms with Crippen molar-refractivity contribution in [3.8, 4) is 0 Å². The molecule has 0 saturated carbocycles. The van der Waals surface area contributed by atoms with E-state index in [9.17, 15) is 13.2 Å². The third-order valence-corrected chi connectivity index (χ3v) is 4.64. The molecule has 1 N–H and O–H groups in total. The van der Waals surface area contributed by atoms with Gasteiger partial charge < -0.3 is 9.26 Å². The Morgan fingerprint density at radius 3 is 2.68 bits per heavy atom. The van der Waals surface area contributed by atoms with E-state index in [1.807, 2.05) is 0 Å². The number of hydrogen-bond donors (Lipinski definition) is 1. The van der Waals surface area contributed by atoms with E-state index in [0.717, 1.165) is 0 Å². The predicted octanol–water partition coefficient (Wildman–Crippen LogP) is 1.90. The number of sulfonamides is 1. The molecule has 0 aliphatic carbocycles. The molecule has 0 aliphatic rings. The highest BCUT2D eigenvalue weighted by atomic mass is 35.5. The molecule has 7 nitrogen and oxygen atoms in total. The highest BCUT2D eigenvalue weighted by Gasteiger charge is 2.20. The number of halogens is 1. The summed E-state index contributed by atoms with van der Waals surface area (Å²) < 4.78 is 36.2. The van der Waals surface area contributed by atoms with Gasteiger partial charge in [0.05, 0.1) is 29.9 Å². The lowest BCUT2D eigenvalue weighted by atomic mass is 10.2. The molecule has 22 heavy (non-hydrogen) atoms. The average molecular weight is 345 g/mol. The van der Waals surface area contributed by atoms with Crippen molar-refractivity contribution in [2.24, 2.45) is 0 Å². The maximum absolute atomic E-state index is 12.2. The number of benzene rings is 1. The van der Waals surface area contributed by atoms with Crippen LogP contribution >= 0.6 is 11.6 Å². The van der Waals surface area contributed by atoms with Gasteiger partial charge in [0.1, 0.15) is 4.90 Å². The summed E-state index contributed by atoms with van der Waals surface area (Å²) in [7, 11) is -2.63. The van der Waals surface area contributed by atoms with Gasteiger partial charge in [0.15, 0.2) is 5.76 Å². The van der Waals surface area contributed by atoms with Crippen molar-refractivity contribution in [1.82, 2.24) is 9.88 Å². The standard InChI is InChI=1S/C13H13ClN2O5S/c1-8-5-10(21-16-8)7-15-22(18,19)12-4-3-9(6-11(12)14)13(17)20-2/h3-6,15H,7H2,1-2H3. The lowest BCUT2D eigenvalue weighted by Crippen LogP contribution is -2.23. The number of aryl methyl sites for hydroxylation is 1. The first-order chi connectivity index (χ1) is 10.3. The number of nitrogens with zero attached hydrogens (tertiary/aromatic N) is 1. The van der Waals surface area contributed by atoms with Gasteiger partial charge in [0, 0.05) is 6.07 Å². The van der Waals surface area contributed by atoms with Gasteiger partial charge in [-0.3, -0.25) is 0 Å². The first-order valence-corrected chi connectivity index (χ1v) is 7.99. The van der Waals surface area contributed by atoms with Crippen molar-refractivity contribution in [3.05, 3.63) is 46.3 Å². The van der Waals surface area contributed by atoms with Crippen molar-refractivity contribution in [2.75, 3.05) is 7.11 Å². The van der Waals surface area contributed by atoms with Crippen LogP contribution in [0.1, 0.15) is 21.8 Å². The highest BCUT2D eigenvalue weighted by molar-refractivity contribution is 7.89. The molecule has 0 radical (unpaired) electrons. The molecule has 0 atom stereocenters. The van der Waals surface area contributed by atoms with Crippen molar-refractivity contribution in [1.29, 1.82) is 0 Å². The van der Waals surface area contributed by atoms with E-state index in [1.54, 1.807) is 13.0 Å². The van der Waals surface area contributed by atoms with Crippen LogP contribution in [0.2, 0.25) is 5.02 Å². The Morgan fingerprint density at radius 1 is 1.41 bits per heavy atom. The molecule has 118 valence electrons. The molecule has 0 spiro atoms. The van der Waals surface area contributed by atoms with Crippen LogP contribution in [0.25, 0.3) is 0 Å². The summed E-state index contributed by atoms with van der Waals surface area (Å²) in [6.07, 6.45) is 0. The zero-order valence-electron chi connectivity index (χ0n) is 11.8. The molecule has 0 fully saturated rings. The molecule has 0 unspecified atom stereocenters. The minimum Gasteiger partial charge on any atom is -0.465 e. The summed E-state index contributed by atoms with van der Waals surface area (Å²) in [5.41, 5.74) is 0.812. The van der Waals surface area contributed by atoms with Crippen LogP contribution in [0.15, 0.2) is 33.7 Å². The average Bonchev–Trinajstić information content (AvgIpc) is 2.89. The second-order valence-corrected chi connectivity index (χ2v) is 6.54. The molecule has 2 aromatic rings. The summed E-state index contributed by atoms with van der Waals surface area (Å²) in [5, 5.41) is 3.58. The van der Waals surface area contributed by atoms with E-state index in [4.69, 9.17) is 16.1 Å². The number of esters is 1. The molecule has 9 heteroatoms. The molecular weight excluding hydrogens is 332 g/mol. The van der Waals surface area contributed by atoms with Crippen LogP contribution in [0.5, 0.6) is 0 Å². The van der Waals surface area contributed by atoms with E-state index in [1.165, 1.54) is 25.3 Å². The Bertz CT molecular complexity index is 801. The quantitative estimate of drug-likeness (QED) is 0.832. The molecule has 1 heterocycles. The van der Waals surface area contributed by atoms with Crippen LogP contribution in [-0.2, 0) is 21.3 Å². The number of aromatic nitrogens is 1. The maximum Gasteiger partial charge on any atom is 0.337 e. The Labute approximate surface area is 132 Å². The molecule has 0 saturated heterocycles. The number of carbonyl (C=O) groups is 1. The van der Waals surface area contributed by atoms with E-state index in [0.29, 0.717) is 11.5 Å². The maximum atomic E-state index is 12.2. The van der Waals surface area contributed by atoms with Crippen molar-refractivity contribution in [2.45, 2.75) is 18.4 Å². The van der Waals surface area contributed by atoms with Gasteiger partial charge >= 0.3 is 5.97 Å². The fourth-order valence-corrected chi connectivity index (χ4v) is 3.24. The molecule has 1 aromatic carbocycles. The Morgan fingerprint density at radius 2 is 2.14 bits per heavy atom. The summed E-state index contributed by atoms with van der Waals surface area (Å²) in [4.78, 5) is 11.2. The largest absolute Gasteiger partial charge is 0.465 e. The molecular formula is C13H13ClN2O5S. The van der Waals surface area contributed by atoms with Crippen LogP contribution in [-0.4, -0.2) is 26.7 Å². The lowest BCUT2D eigenvalue weighted by molar-refractivity contribution is 0.0600. The number of rotatable bonds is 5. The van der Waals surface area contributed by atoms with E-state index in [2.05, 4.69) is 14.6 Å². The summed E-state index contributed by atoms with van der Waals surface area (Å²) in [6, 6.07) is 5.42. The monoisotopic (exact) mass is 344 g/mol. The van der Waals surface area contributed by atoms with Crippen molar-refractivity contribution in [3.63, 3.8) is 0 Å². The second kappa shape index (κ2) is 6.47. The first-order valence-electron chi connectivity index (χ1n) is 6.13. The third-order valence-electron chi connectivity index (χ3n) is 2.76. The number of ether oxygens (including phenoxy) is 1. The van der Waals surface area contributed by atoms with Gasteiger partial charge in [0.25, 0.3) is 0 Å². The Kier molecular flexibility index (Phi) is 4.84.